The van der Waals surface area contributed by atoms with E-state index in [1.165, 1.54) is 25.7 Å². The molecule has 2 aromatic carbocycles. The maximum atomic E-state index is 12.6. The molecule has 2 amide bonds. The molecule has 0 unspecified atom stereocenters. The molecular formula is C22H27N3O2. The quantitative estimate of drug-likeness (QED) is 0.877. The van der Waals surface area contributed by atoms with E-state index in [4.69, 9.17) is 0 Å². The molecule has 2 aromatic rings. The molecule has 0 atom stereocenters. The number of anilines is 2. The largest absolute Gasteiger partial charge is 0.325 e. The van der Waals surface area contributed by atoms with Gasteiger partial charge in [0.1, 0.15) is 0 Å². The van der Waals surface area contributed by atoms with E-state index in [2.05, 4.69) is 10.2 Å². The topological polar surface area (TPSA) is 52.7 Å². The lowest BCUT2D eigenvalue weighted by atomic mass is 10.1. The van der Waals surface area contributed by atoms with Crippen molar-refractivity contribution in [2.24, 2.45) is 0 Å². The van der Waals surface area contributed by atoms with Gasteiger partial charge in [0.25, 0.3) is 5.91 Å². The first-order valence-corrected chi connectivity index (χ1v) is 9.59. The Kier molecular flexibility index (Phi) is 6.60. The molecule has 3 rings (SSSR count). The fourth-order valence-electron chi connectivity index (χ4n) is 3.36. The second-order valence-electron chi connectivity index (χ2n) is 7.02. The highest BCUT2D eigenvalue weighted by Crippen LogP contribution is 2.17. The Bertz CT molecular complexity index is 751. The molecule has 1 N–H and O–H groups in total. The van der Waals surface area contributed by atoms with Gasteiger partial charge in [-0.2, -0.15) is 0 Å². The van der Waals surface area contributed by atoms with Crippen LogP contribution in [0.3, 0.4) is 0 Å². The van der Waals surface area contributed by atoms with Crippen LogP contribution in [0.2, 0.25) is 0 Å². The first-order chi connectivity index (χ1) is 13.1. The third kappa shape index (κ3) is 5.41. The standard InChI is InChI=1S/C22H27N3O2/c1-24(20-9-5-4-6-10-20)22(27)18-11-13-19(14-12-18)23-21(26)17-25-15-7-2-3-8-16-25/h4-6,9-14H,2-3,7-8,15-17H2,1H3,(H,23,26). The molecule has 27 heavy (non-hydrogen) atoms. The van der Waals surface area contributed by atoms with Crippen LogP contribution in [0.25, 0.3) is 0 Å². The second-order valence-corrected chi connectivity index (χ2v) is 7.02. The van der Waals surface area contributed by atoms with Gasteiger partial charge in [-0.15, -0.1) is 0 Å². The first kappa shape index (κ1) is 19.1. The predicted octanol–water partition coefficient (Wildman–Crippen LogP) is 3.78. The highest BCUT2D eigenvalue weighted by Gasteiger charge is 2.15. The number of hydrogen-bond acceptors (Lipinski definition) is 3. The van der Waals surface area contributed by atoms with Crippen LogP contribution in [0.4, 0.5) is 11.4 Å². The van der Waals surface area contributed by atoms with Gasteiger partial charge in [-0.05, 0) is 62.3 Å². The van der Waals surface area contributed by atoms with Crippen molar-refractivity contribution < 1.29 is 9.59 Å². The van der Waals surface area contributed by atoms with E-state index >= 15 is 0 Å². The average molecular weight is 365 g/mol. The molecule has 0 aliphatic carbocycles. The monoisotopic (exact) mass is 365 g/mol. The fraction of sp³-hybridized carbons (Fsp3) is 0.364. The lowest BCUT2D eigenvalue weighted by Gasteiger charge is -2.19. The summed E-state index contributed by atoms with van der Waals surface area (Å²) in [4.78, 5) is 28.7. The van der Waals surface area contributed by atoms with Gasteiger partial charge in [0.05, 0.1) is 6.54 Å². The Morgan fingerprint density at radius 1 is 0.926 bits per heavy atom. The Labute approximate surface area is 161 Å². The molecule has 1 heterocycles. The summed E-state index contributed by atoms with van der Waals surface area (Å²) < 4.78 is 0. The number of rotatable bonds is 5. The Morgan fingerprint density at radius 2 is 1.56 bits per heavy atom. The van der Waals surface area contributed by atoms with Gasteiger partial charge in [0.2, 0.25) is 5.91 Å². The van der Waals surface area contributed by atoms with Crippen molar-refractivity contribution in [3.63, 3.8) is 0 Å². The highest BCUT2D eigenvalue weighted by atomic mass is 16.2. The van der Waals surface area contributed by atoms with E-state index in [0.29, 0.717) is 17.8 Å². The van der Waals surface area contributed by atoms with Crippen LogP contribution in [-0.2, 0) is 4.79 Å². The summed E-state index contributed by atoms with van der Waals surface area (Å²) in [5.41, 5.74) is 2.15. The Hall–Kier alpha value is -2.66. The summed E-state index contributed by atoms with van der Waals surface area (Å²) in [6.45, 7) is 2.41. The molecule has 0 bridgehead atoms. The minimum Gasteiger partial charge on any atom is -0.325 e. The van der Waals surface area contributed by atoms with Crippen LogP contribution in [0.15, 0.2) is 54.6 Å². The van der Waals surface area contributed by atoms with Crippen molar-refractivity contribution in [3.8, 4) is 0 Å². The van der Waals surface area contributed by atoms with Crippen molar-refractivity contribution in [2.75, 3.05) is 36.9 Å². The number of benzene rings is 2. The Morgan fingerprint density at radius 3 is 2.19 bits per heavy atom. The van der Waals surface area contributed by atoms with Crippen LogP contribution < -0.4 is 10.2 Å². The zero-order chi connectivity index (χ0) is 19.1. The van der Waals surface area contributed by atoms with E-state index < -0.39 is 0 Å². The summed E-state index contributed by atoms with van der Waals surface area (Å²) in [7, 11) is 1.76. The molecule has 5 nitrogen and oxygen atoms in total. The Balaban J connectivity index is 1.56. The van der Waals surface area contributed by atoms with Crippen LogP contribution in [-0.4, -0.2) is 43.4 Å². The van der Waals surface area contributed by atoms with Crippen LogP contribution in [0.5, 0.6) is 0 Å². The van der Waals surface area contributed by atoms with Crippen molar-refractivity contribution in [2.45, 2.75) is 25.7 Å². The number of carbonyl (C=O) groups excluding carboxylic acids is 2. The van der Waals surface area contributed by atoms with Gasteiger partial charge in [-0.3, -0.25) is 14.5 Å². The fourth-order valence-corrected chi connectivity index (χ4v) is 3.36. The summed E-state index contributed by atoms with van der Waals surface area (Å²) in [6, 6.07) is 16.6. The van der Waals surface area contributed by atoms with Crippen molar-refractivity contribution in [3.05, 3.63) is 60.2 Å². The predicted molar refractivity (Wildman–Crippen MR) is 109 cm³/mol. The summed E-state index contributed by atoms with van der Waals surface area (Å²) in [5, 5.41) is 2.93. The molecule has 1 fully saturated rings. The molecule has 142 valence electrons. The van der Waals surface area contributed by atoms with Crippen molar-refractivity contribution in [1.82, 2.24) is 4.90 Å². The van der Waals surface area contributed by atoms with E-state index in [1.54, 1.807) is 36.2 Å². The molecule has 1 aliphatic heterocycles. The van der Waals surface area contributed by atoms with Crippen molar-refractivity contribution in [1.29, 1.82) is 0 Å². The van der Waals surface area contributed by atoms with Gasteiger partial charge in [0, 0.05) is 24.0 Å². The van der Waals surface area contributed by atoms with E-state index in [1.807, 2.05) is 30.3 Å². The number of carbonyl (C=O) groups is 2. The molecule has 0 spiro atoms. The molecule has 1 aliphatic rings. The van der Waals surface area contributed by atoms with Crippen LogP contribution in [0.1, 0.15) is 36.0 Å². The molecule has 0 radical (unpaired) electrons. The number of likely N-dealkylation sites (tertiary alicyclic amines) is 1. The highest BCUT2D eigenvalue weighted by molar-refractivity contribution is 6.06. The van der Waals surface area contributed by atoms with Gasteiger partial charge in [-0.1, -0.05) is 31.0 Å². The second kappa shape index (κ2) is 9.33. The molecule has 0 aromatic heterocycles. The van der Waals surface area contributed by atoms with Gasteiger partial charge in [-0.25, -0.2) is 0 Å². The summed E-state index contributed by atoms with van der Waals surface area (Å²) in [5.74, 6) is -0.0824. The van der Waals surface area contributed by atoms with Crippen LogP contribution in [0, 0.1) is 0 Å². The third-order valence-electron chi connectivity index (χ3n) is 4.93. The van der Waals surface area contributed by atoms with Crippen molar-refractivity contribution >= 4 is 23.2 Å². The van der Waals surface area contributed by atoms with Gasteiger partial charge < -0.3 is 10.2 Å². The molecule has 5 heteroatoms. The SMILES string of the molecule is CN(C(=O)c1ccc(NC(=O)CN2CCCCCC2)cc1)c1ccccc1. The lowest BCUT2D eigenvalue weighted by molar-refractivity contribution is -0.117. The van der Waals surface area contributed by atoms with E-state index in [0.717, 1.165) is 18.8 Å². The lowest BCUT2D eigenvalue weighted by Crippen LogP contribution is -2.33. The number of hydrogen-bond donors (Lipinski definition) is 1. The summed E-state index contributed by atoms with van der Waals surface area (Å²) >= 11 is 0. The zero-order valence-corrected chi connectivity index (χ0v) is 15.9. The van der Waals surface area contributed by atoms with E-state index in [9.17, 15) is 9.59 Å². The van der Waals surface area contributed by atoms with Gasteiger partial charge >= 0.3 is 0 Å². The molecule has 0 saturated carbocycles. The normalized spacial score (nSPS) is 15.0. The molecule has 1 saturated heterocycles. The number of amides is 2. The zero-order valence-electron chi connectivity index (χ0n) is 15.9. The maximum Gasteiger partial charge on any atom is 0.258 e. The third-order valence-corrected chi connectivity index (χ3v) is 4.93. The number of para-hydroxylation sites is 1. The van der Waals surface area contributed by atoms with Crippen LogP contribution >= 0.6 is 0 Å². The van der Waals surface area contributed by atoms with E-state index in [-0.39, 0.29) is 11.8 Å². The summed E-state index contributed by atoms with van der Waals surface area (Å²) in [6.07, 6.45) is 4.84. The van der Waals surface area contributed by atoms with Gasteiger partial charge in [0.15, 0.2) is 0 Å². The average Bonchev–Trinajstić information content (AvgIpc) is 2.96. The smallest absolute Gasteiger partial charge is 0.258 e. The first-order valence-electron chi connectivity index (χ1n) is 9.59. The number of nitrogens with zero attached hydrogens (tertiary/aromatic N) is 2. The minimum absolute atomic E-state index is 0.00243. The maximum absolute atomic E-state index is 12.6. The number of nitrogens with one attached hydrogen (secondary N) is 1. The molecular weight excluding hydrogens is 338 g/mol. The minimum atomic E-state index is -0.0800.